The first-order valence-corrected chi connectivity index (χ1v) is 5.00. The van der Waals surface area contributed by atoms with E-state index < -0.39 is 5.54 Å². The Bertz CT molecular complexity index is 198. The Labute approximate surface area is 85.0 Å². The molecule has 1 heterocycles. The normalized spacial score (nSPS) is 19.4. The van der Waals surface area contributed by atoms with E-state index in [2.05, 4.69) is 5.32 Å². The van der Waals surface area contributed by atoms with Gasteiger partial charge in [-0.05, 0) is 26.7 Å². The van der Waals surface area contributed by atoms with Crippen molar-refractivity contribution in [3.8, 4) is 0 Å². The minimum Gasteiger partial charge on any atom is -0.468 e. The highest BCUT2D eigenvalue weighted by Gasteiger charge is 2.31. The Kier molecular flexibility index (Phi) is 3.89. The van der Waals surface area contributed by atoms with Crippen molar-refractivity contribution in [2.45, 2.75) is 38.3 Å². The summed E-state index contributed by atoms with van der Waals surface area (Å²) in [7, 11) is 1.41. The van der Waals surface area contributed by atoms with Gasteiger partial charge in [0.05, 0.1) is 7.11 Å². The van der Waals surface area contributed by atoms with Crippen molar-refractivity contribution >= 4 is 5.97 Å². The number of carbonyl (C=O) groups excluding carboxylic acids is 1. The molecule has 4 nitrogen and oxygen atoms in total. The maximum absolute atomic E-state index is 11.4. The highest BCUT2D eigenvalue weighted by Crippen LogP contribution is 2.12. The lowest BCUT2D eigenvalue weighted by Crippen LogP contribution is -2.53. The quantitative estimate of drug-likeness (QED) is 0.683. The largest absolute Gasteiger partial charge is 0.468 e. The molecule has 0 radical (unpaired) electrons. The summed E-state index contributed by atoms with van der Waals surface area (Å²) in [6.45, 7) is 5.23. The van der Waals surface area contributed by atoms with Crippen molar-refractivity contribution in [2.24, 2.45) is 0 Å². The third-order valence-electron chi connectivity index (χ3n) is 2.48. The number of hydrogen-bond donors (Lipinski definition) is 1. The lowest BCUT2D eigenvalue weighted by Gasteiger charge is -2.31. The Hall–Kier alpha value is -0.610. The van der Waals surface area contributed by atoms with Gasteiger partial charge >= 0.3 is 5.97 Å². The van der Waals surface area contributed by atoms with Crippen LogP contribution in [0.2, 0.25) is 0 Å². The molecule has 0 aliphatic carbocycles. The number of rotatable bonds is 3. The fourth-order valence-corrected chi connectivity index (χ4v) is 1.67. The van der Waals surface area contributed by atoms with E-state index in [0.717, 1.165) is 26.1 Å². The molecule has 0 aromatic heterocycles. The second-order valence-electron chi connectivity index (χ2n) is 4.15. The van der Waals surface area contributed by atoms with Crippen LogP contribution in [0.5, 0.6) is 0 Å². The van der Waals surface area contributed by atoms with Crippen LogP contribution >= 0.6 is 0 Å². The maximum Gasteiger partial charge on any atom is 0.325 e. The average Bonchev–Trinajstić information content (AvgIpc) is 2.17. The number of nitrogens with one attached hydrogen (secondary N) is 1. The van der Waals surface area contributed by atoms with Crippen molar-refractivity contribution < 1.29 is 14.3 Å². The first-order valence-electron chi connectivity index (χ1n) is 5.00. The SMILES string of the molecule is COC(=O)C(C)(C)NC1CCOCC1. The first kappa shape index (κ1) is 11.5. The van der Waals surface area contributed by atoms with Gasteiger partial charge in [0, 0.05) is 19.3 Å². The van der Waals surface area contributed by atoms with Crippen LogP contribution in [-0.4, -0.2) is 37.9 Å². The molecular weight excluding hydrogens is 182 g/mol. The summed E-state index contributed by atoms with van der Waals surface area (Å²) in [5.41, 5.74) is -0.600. The van der Waals surface area contributed by atoms with Crippen molar-refractivity contribution in [1.29, 1.82) is 0 Å². The van der Waals surface area contributed by atoms with Crippen LogP contribution in [0.3, 0.4) is 0 Å². The molecule has 1 aliphatic heterocycles. The molecule has 1 rings (SSSR count). The number of hydrogen-bond acceptors (Lipinski definition) is 4. The highest BCUT2D eigenvalue weighted by atomic mass is 16.5. The molecule has 0 aromatic rings. The van der Waals surface area contributed by atoms with Crippen LogP contribution in [0.4, 0.5) is 0 Å². The van der Waals surface area contributed by atoms with Gasteiger partial charge < -0.3 is 9.47 Å². The zero-order valence-corrected chi connectivity index (χ0v) is 9.13. The van der Waals surface area contributed by atoms with Crippen LogP contribution < -0.4 is 5.32 Å². The average molecular weight is 201 g/mol. The van der Waals surface area contributed by atoms with Gasteiger partial charge in [-0.3, -0.25) is 10.1 Å². The third-order valence-corrected chi connectivity index (χ3v) is 2.48. The summed E-state index contributed by atoms with van der Waals surface area (Å²) in [6, 6.07) is 0.359. The molecule has 82 valence electrons. The lowest BCUT2D eigenvalue weighted by molar-refractivity contribution is -0.147. The molecular formula is C10H19NO3. The molecule has 0 aromatic carbocycles. The van der Waals surface area contributed by atoms with E-state index in [9.17, 15) is 4.79 Å². The van der Waals surface area contributed by atoms with Crippen molar-refractivity contribution in [1.82, 2.24) is 5.32 Å². The first-order chi connectivity index (χ1) is 6.56. The van der Waals surface area contributed by atoms with E-state index >= 15 is 0 Å². The smallest absolute Gasteiger partial charge is 0.325 e. The fourth-order valence-electron chi connectivity index (χ4n) is 1.67. The molecule has 1 fully saturated rings. The maximum atomic E-state index is 11.4. The summed E-state index contributed by atoms with van der Waals surface area (Å²) in [6.07, 6.45) is 1.92. The molecule has 1 aliphatic rings. The minimum absolute atomic E-state index is 0.219. The molecule has 1 N–H and O–H groups in total. The van der Waals surface area contributed by atoms with Crippen LogP contribution in [0.1, 0.15) is 26.7 Å². The van der Waals surface area contributed by atoms with Gasteiger partial charge in [-0.25, -0.2) is 0 Å². The minimum atomic E-state index is -0.600. The monoisotopic (exact) mass is 201 g/mol. The lowest BCUT2D eigenvalue weighted by atomic mass is 10.0. The Morgan fingerprint density at radius 2 is 2.00 bits per heavy atom. The van der Waals surface area contributed by atoms with Crippen molar-refractivity contribution in [3.05, 3.63) is 0 Å². The predicted octanol–water partition coefficient (Wildman–Crippen LogP) is 0.707. The summed E-state index contributed by atoms with van der Waals surface area (Å²) in [4.78, 5) is 11.4. The zero-order chi connectivity index (χ0) is 10.6. The van der Waals surface area contributed by atoms with Gasteiger partial charge in [-0.1, -0.05) is 0 Å². The van der Waals surface area contributed by atoms with E-state index in [1.54, 1.807) is 0 Å². The van der Waals surface area contributed by atoms with E-state index in [-0.39, 0.29) is 5.97 Å². The van der Waals surface area contributed by atoms with Gasteiger partial charge in [0.25, 0.3) is 0 Å². The second kappa shape index (κ2) is 4.75. The molecule has 14 heavy (non-hydrogen) atoms. The van der Waals surface area contributed by atoms with Gasteiger partial charge in [-0.15, -0.1) is 0 Å². The van der Waals surface area contributed by atoms with Crippen LogP contribution in [0.15, 0.2) is 0 Å². The Balaban J connectivity index is 2.44. The predicted molar refractivity (Wildman–Crippen MR) is 53.1 cm³/mol. The molecule has 0 spiro atoms. The van der Waals surface area contributed by atoms with Gasteiger partial charge in [0.1, 0.15) is 5.54 Å². The standard InChI is InChI=1S/C10H19NO3/c1-10(2,9(12)13-3)11-8-4-6-14-7-5-8/h8,11H,4-7H2,1-3H3. The summed E-state index contributed by atoms with van der Waals surface area (Å²) in [5.74, 6) is -0.219. The van der Waals surface area contributed by atoms with Gasteiger partial charge in [-0.2, -0.15) is 0 Å². The van der Waals surface area contributed by atoms with Gasteiger partial charge in [0.15, 0.2) is 0 Å². The second-order valence-corrected chi connectivity index (χ2v) is 4.15. The van der Waals surface area contributed by atoms with E-state index in [4.69, 9.17) is 9.47 Å². The Morgan fingerprint density at radius 1 is 1.43 bits per heavy atom. The molecule has 1 saturated heterocycles. The molecule has 0 amide bonds. The fraction of sp³-hybridized carbons (Fsp3) is 0.900. The van der Waals surface area contributed by atoms with E-state index in [1.165, 1.54) is 7.11 Å². The number of esters is 1. The van der Waals surface area contributed by atoms with E-state index in [1.807, 2.05) is 13.8 Å². The van der Waals surface area contributed by atoms with Crippen LogP contribution in [0, 0.1) is 0 Å². The summed E-state index contributed by atoms with van der Waals surface area (Å²) in [5, 5.41) is 3.29. The number of methoxy groups -OCH3 is 1. The van der Waals surface area contributed by atoms with Crippen molar-refractivity contribution in [2.75, 3.05) is 20.3 Å². The topological polar surface area (TPSA) is 47.6 Å². The van der Waals surface area contributed by atoms with Crippen LogP contribution in [0.25, 0.3) is 0 Å². The molecule has 0 saturated carbocycles. The van der Waals surface area contributed by atoms with Crippen LogP contribution in [-0.2, 0) is 14.3 Å². The zero-order valence-electron chi connectivity index (χ0n) is 9.13. The number of ether oxygens (including phenoxy) is 2. The van der Waals surface area contributed by atoms with Gasteiger partial charge in [0.2, 0.25) is 0 Å². The number of carbonyl (C=O) groups is 1. The van der Waals surface area contributed by atoms with Crippen molar-refractivity contribution in [3.63, 3.8) is 0 Å². The third kappa shape index (κ3) is 2.96. The molecule has 0 unspecified atom stereocenters. The Morgan fingerprint density at radius 3 is 2.50 bits per heavy atom. The highest BCUT2D eigenvalue weighted by molar-refractivity contribution is 5.79. The molecule has 0 bridgehead atoms. The van der Waals surface area contributed by atoms with E-state index in [0.29, 0.717) is 6.04 Å². The summed E-state index contributed by atoms with van der Waals surface area (Å²) >= 11 is 0. The molecule has 0 atom stereocenters. The molecule has 4 heteroatoms. The summed E-state index contributed by atoms with van der Waals surface area (Å²) < 4.78 is 9.97.